The highest BCUT2D eigenvalue weighted by molar-refractivity contribution is 5.81. The largest absolute Gasteiger partial charge is 0.420 e. The highest BCUT2D eigenvalue weighted by Crippen LogP contribution is 2.27. The van der Waals surface area contributed by atoms with Gasteiger partial charge >= 0.3 is 5.97 Å². The van der Waals surface area contributed by atoms with Gasteiger partial charge in [-0.3, -0.25) is 9.59 Å². The van der Waals surface area contributed by atoms with Crippen LogP contribution in [0.2, 0.25) is 0 Å². The SMILES string of the molecule is O=C(CCOCCOCCC(=O)C1CCCCCCCCCCC1)Oc1c(F)c(F)cc(F)c1F. The molecule has 0 bridgehead atoms. The van der Waals surface area contributed by atoms with Crippen LogP contribution in [-0.2, 0) is 19.1 Å². The summed E-state index contributed by atoms with van der Waals surface area (Å²) >= 11 is 0. The average Bonchev–Trinajstić information content (AvgIpc) is 2.82. The zero-order valence-electron chi connectivity index (χ0n) is 20.2. The van der Waals surface area contributed by atoms with Crippen LogP contribution in [0.15, 0.2) is 6.07 Å². The topological polar surface area (TPSA) is 61.8 Å². The Morgan fingerprint density at radius 1 is 0.686 bits per heavy atom. The molecule has 5 nitrogen and oxygen atoms in total. The maximum atomic E-state index is 13.5. The summed E-state index contributed by atoms with van der Waals surface area (Å²) in [6, 6.07) is 0.0289. The van der Waals surface area contributed by atoms with Crippen LogP contribution in [0.25, 0.3) is 0 Å². The van der Waals surface area contributed by atoms with Crippen molar-refractivity contribution in [3.8, 4) is 5.75 Å². The minimum Gasteiger partial charge on any atom is -0.420 e. The van der Waals surface area contributed by atoms with E-state index in [-0.39, 0.29) is 44.0 Å². The second kappa shape index (κ2) is 16.6. The lowest BCUT2D eigenvalue weighted by molar-refractivity contribution is -0.136. The molecule has 0 saturated heterocycles. The van der Waals surface area contributed by atoms with Gasteiger partial charge in [0.25, 0.3) is 0 Å². The van der Waals surface area contributed by atoms with Crippen molar-refractivity contribution in [3.05, 3.63) is 29.3 Å². The van der Waals surface area contributed by atoms with Crippen molar-refractivity contribution >= 4 is 11.8 Å². The summed E-state index contributed by atoms with van der Waals surface area (Å²) in [5.41, 5.74) is 0. The fraction of sp³-hybridized carbons (Fsp3) is 0.692. The van der Waals surface area contributed by atoms with E-state index in [9.17, 15) is 27.2 Å². The van der Waals surface area contributed by atoms with Gasteiger partial charge in [0.05, 0.1) is 32.8 Å². The van der Waals surface area contributed by atoms with E-state index in [2.05, 4.69) is 4.74 Å². The van der Waals surface area contributed by atoms with E-state index >= 15 is 0 Å². The molecule has 0 radical (unpaired) electrons. The second-order valence-electron chi connectivity index (χ2n) is 8.92. The van der Waals surface area contributed by atoms with Crippen LogP contribution in [0, 0.1) is 29.2 Å². The maximum absolute atomic E-state index is 13.5. The predicted octanol–water partition coefficient (Wildman–Crippen LogP) is 6.45. The molecule has 1 aromatic carbocycles. The van der Waals surface area contributed by atoms with Crippen molar-refractivity contribution in [2.24, 2.45) is 5.92 Å². The summed E-state index contributed by atoms with van der Waals surface area (Å²) in [7, 11) is 0. The molecule has 0 spiro atoms. The zero-order chi connectivity index (χ0) is 25.5. The van der Waals surface area contributed by atoms with Gasteiger partial charge in [-0.25, -0.2) is 8.78 Å². The van der Waals surface area contributed by atoms with E-state index in [0.29, 0.717) is 13.0 Å². The minimum atomic E-state index is -1.78. The number of Topliss-reactive ketones (excluding diaryl/α,β-unsaturated/α-hetero) is 1. The van der Waals surface area contributed by atoms with E-state index in [0.717, 1.165) is 25.7 Å². The summed E-state index contributed by atoms with van der Waals surface area (Å²) in [6.45, 7) is 0.516. The Morgan fingerprint density at radius 3 is 1.66 bits per heavy atom. The summed E-state index contributed by atoms with van der Waals surface area (Å²) in [6.07, 6.45) is 12.9. The van der Waals surface area contributed by atoms with Gasteiger partial charge in [0.2, 0.25) is 17.4 Å². The normalized spacial score (nSPS) is 16.3. The molecule has 35 heavy (non-hydrogen) atoms. The van der Waals surface area contributed by atoms with E-state index in [4.69, 9.17) is 9.47 Å². The van der Waals surface area contributed by atoms with E-state index < -0.39 is 35.0 Å². The highest BCUT2D eigenvalue weighted by atomic mass is 19.2. The Balaban J connectivity index is 1.57. The first kappa shape index (κ1) is 29.2. The molecule has 0 heterocycles. The van der Waals surface area contributed by atoms with E-state index in [1.54, 1.807) is 0 Å². The third-order valence-corrected chi connectivity index (χ3v) is 6.16. The van der Waals surface area contributed by atoms with Crippen LogP contribution in [0.3, 0.4) is 0 Å². The van der Waals surface area contributed by atoms with Gasteiger partial charge in [-0.1, -0.05) is 57.8 Å². The van der Waals surface area contributed by atoms with Crippen molar-refractivity contribution in [2.75, 3.05) is 26.4 Å². The smallest absolute Gasteiger partial charge is 0.313 e. The van der Waals surface area contributed by atoms with Crippen molar-refractivity contribution < 1.29 is 41.4 Å². The minimum absolute atomic E-state index is 0.0289. The first-order chi connectivity index (χ1) is 16.9. The summed E-state index contributed by atoms with van der Waals surface area (Å²) in [4.78, 5) is 24.3. The molecule has 0 N–H and O–H groups in total. The molecule has 1 saturated carbocycles. The molecule has 0 atom stereocenters. The number of hydrogen-bond acceptors (Lipinski definition) is 5. The van der Waals surface area contributed by atoms with Gasteiger partial charge in [0.1, 0.15) is 5.78 Å². The third-order valence-electron chi connectivity index (χ3n) is 6.16. The summed E-state index contributed by atoms with van der Waals surface area (Å²) in [5.74, 6) is -9.04. The number of ketones is 1. The summed E-state index contributed by atoms with van der Waals surface area (Å²) < 4.78 is 68.4. The first-order valence-corrected chi connectivity index (χ1v) is 12.6. The third kappa shape index (κ3) is 11.1. The van der Waals surface area contributed by atoms with Crippen LogP contribution < -0.4 is 4.74 Å². The first-order valence-electron chi connectivity index (χ1n) is 12.6. The van der Waals surface area contributed by atoms with Gasteiger partial charge in [-0.15, -0.1) is 0 Å². The molecule has 0 amide bonds. The molecule has 1 aliphatic rings. The number of ether oxygens (including phenoxy) is 3. The Labute approximate surface area is 204 Å². The number of carbonyl (C=O) groups excluding carboxylic acids is 2. The molecule has 1 fully saturated rings. The standard InChI is InChI=1S/C26H36F4O5/c27-20-18-21(28)25(30)26(24(20)29)35-23(32)13-15-34-17-16-33-14-12-22(31)19-10-8-6-4-2-1-3-5-7-9-11-19/h18-19H,1-17H2. The molecule has 0 unspecified atom stereocenters. The molecule has 1 aliphatic carbocycles. The maximum Gasteiger partial charge on any atom is 0.313 e. The number of esters is 1. The van der Waals surface area contributed by atoms with Crippen LogP contribution in [-0.4, -0.2) is 38.2 Å². The predicted molar refractivity (Wildman–Crippen MR) is 122 cm³/mol. The molecule has 0 aliphatic heterocycles. The molecular formula is C26H36F4O5. The Bertz CT molecular complexity index is 764. The average molecular weight is 505 g/mol. The number of benzene rings is 1. The van der Waals surface area contributed by atoms with E-state index in [1.807, 2.05) is 0 Å². The number of rotatable bonds is 11. The van der Waals surface area contributed by atoms with Gasteiger partial charge in [0.15, 0.2) is 11.6 Å². The Hall–Kier alpha value is -2.00. The second-order valence-corrected chi connectivity index (χ2v) is 8.92. The number of halogens is 4. The fourth-order valence-corrected chi connectivity index (χ4v) is 4.15. The van der Waals surface area contributed by atoms with Crippen molar-refractivity contribution in [1.29, 1.82) is 0 Å². The van der Waals surface area contributed by atoms with Crippen LogP contribution in [0.4, 0.5) is 17.6 Å². The van der Waals surface area contributed by atoms with Gasteiger partial charge < -0.3 is 14.2 Å². The van der Waals surface area contributed by atoms with Gasteiger partial charge in [-0.2, -0.15) is 8.78 Å². The van der Waals surface area contributed by atoms with Crippen LogP contribution in [0.5, 0.6) is 5.75 Å². The van der Waals surface area contributed by atoms with Crippen LogP contribution >= 0.6 is 0 Å². The molecule has 198 valence electrons. The van der Waals surface area contributed by atoms with Gasteiger partial charge in [0, 0.05) is 18.4 Å². The highest BCUT2D eigenvalue weighted by Gasteiger charge is 2.23. The molecule has 0 aromatic heterocycles. The Morgan fingerprint density at radius 2 is 1.14 bits per heavy atom. The lowest BCUT2D eigenvalue weighted by atomic mass is 9.89. The molecule has 2 rings (SSSR count). The Kier molecular flexibility index (Phi) is 13.9. The van der Waals surface area contributed by atoms with Crippen LogP contribution in [0.1, 0.15) is 83.5 Å². The number of hydrogen-bond donors (Lipinski definition) is 0. The fourth-order valence-electron chi connectivity index (χ4n) is 4.15. The zero-order valence-corrected chi connectivity index (χ0v) is 20.2. The quantitative estimate of drug-likeness (QED) is 0.114. The molecule has 1 aromatic rings. The number of carbonyl (C=O) groups is 2. The van der Waals surface area contributed by atoms with Crippen molar-refractivity contribution in [1.82, 2.24) is 0 Å². The molecule has 9 heteroatoms. The van der Waals surface area contributed by atoms with E-state index in [1.165, 1.54) is 44.9 Å². The lowest BCUT2D eigenvalue weighted by Crippen LogP contribution is -2.18. The monoisotopic (exact) mass is 504 g/mol. The molecular weight excluding hydrogens is 468 g/mol. The van der Waals surface area contributed by atoms with Crippen molar-refractivity contribution in [2.45, 2.75) is 83.5 Å². The van der Waals surface area contributed by atoms with Gasteiger partial charge in [-0.05, 0) is 12.8 Å². The van der Waals surface area contributed by atoms with Crippen molar-refractivity contribution in [3.63, 3.8) is 0 Å². The lowest BCUT2D eigenvalue weighted by Gasteiger charge is -2.17. The summed E-state index contributed by atoms with van der Waals surface area (Å²) in [5, 5.41) is 0.